The predicted octanol–water partition coefficient (Wildman–Crippen LogP) is 2.23. The average molecular weight is 348 g/mol. The summed E-state index contributed by atoms with van der Waals surface area (Å²) >= 11 is 0. The number of aromatic amines is 1. The summed E-state index contributed by atoms with van der Waals surface area (Å²) in [5, 5.41) is 9.62. The van der Waals surface area contributed by atoms with Crippen molar-refractivity contribution < 1.29 is 13.2 Å². The number of hydrogen-bond donors (Lipinski definition) is 3. The zero-order chi connectivity index (χ0) is 17.3. The summed E-state index contributed by atoms with van der Waals surface area (Å²) in [6.07, 6.45) is 2.26. The first-order valence-corrected chi connectivity index (χ1v) is 9.32. The number of anilines is 1. The van der Waals surface area contributed by atoms with Crippen molar-refractivity contribution in [3.05, 3.63) is 41.7 Å². The molecule has 1 aliphatic rings. The Kier molecular flexibility index (Phi) is 4.42. The van der Waals surface area contributed by atoms with Crippen molar-refractivity contribution in [2.75, 3.05) is 5.32 Å². The highest BCUT2D eigenvalue weighted by molar-refractivity contribution is 7.89. The Labute approximate surface area is 140 Å². The maximum absolute atomic E-state index is 12.2. The van der Waals surface area contributed by atoms with E-state index in [0.29, 0.717) is 17.3 Å². The van der Waals surface area contributed by atoms with Crippen LogP contribution in [-0.2, 0) is 10.0 Å². The van der Waals surface area contributed by atoms with Crippen LogP contribution in [0.5, 0.6) is 0 Å². The minimum absolute atomic E-state index is 0.157. The maximum Gasteiger partial charge on any atom is 0.276 e. The second-order valence-electron chi connectivity index (χ2n) is 6.24. The molecule has 1 aromatic carbocycles. The first kappa shape index (κ1) is 16.7. The third-order valence-electron chi connectivity index (χ3n) is 3.66. The lowest BCUT2D eigenvalue weighted by Crippen LogP contribution is -2.30. The van der Waals surface area contributed by atoms with Crippen LogP contribution in [0.3, 0.4) is 0 Å². The minimum atomic E-state index is -3.54. The summed E-state index contributed by atoms with van der Waals surface area (Å²) in [6, 6.07) is 7.61. The second-order valence-corrected chi connectivity index (χ2v) is 7.95. The lowest BCUT2D eigenvalue weighted by molar-refractivity contribution is 0.102. The lowest BCUT2D eigenvalue weighted by Gasteiger charge is -2.10. The number of nitrogens with one attached hydrogen (secondary N) is 3. The van der Waals surface area contributed by atoms with Crippen LogP contribution < -0.4 is 10.0 Å². The van der Waals surface area contributed by atoms with Crippen LogP contribution in [0.25, 0.3) is 0 Å². The quantitative estimate of drug-likeness (QED) is 0.744. The number of amides is 1. The smallest absolute Gasteiger partial charge is 0.276 e. The zero-order valence-electron chi connectivity index (χ0n) is 13.5. The van der Waals surface area contributed by atoms with Crippen LogP contribution in [0, 0.1) is 0 Å². The number of hydrogen-bond acceptors (Lipinski definition) is 4. The van der Waals surface area contributed by atoms with E-state index >= 15 is 0 Å². The molecule has 128 valence electrons. The van der Waals surface area contributed by atoms with Gasteiger partial charge in [-0.1, -0.05) is 0 Å². The van der Waals surface area contributed by atoms with Crippen LogP contribution in [-0.4, -0.2) is 30.6 Å². The number of H-pyrrole nitrogens is 1. The molecule has 3 N–H and O–H groups in total. The standard InChI is InChI=1S/C16H20N4O3S/c1-10(2)20-24(22,23)13-7-5-12(6-8-13)17-16(21)15-9-14(18-19-15)11-3-4-11/h5-11,20H,3-4H2,1-2H3,(H,17,21)(H,18,19). The van der Waals surface area contributed by atoms with E-state index in [1.807, 2.05) is 0 Å². The van der Waals surface area contributed by atoms with Crippen LogP contribution >= 0.6 is 0 Å². The molecule has 0 saturated heterocycles. The number of nitrogens with zero attached hydrogens (tertiary/aromatic N) is 1. The van der Waals surface area contributed by atoms with Crippen molar-refractivity contribution in [3.63, 3.8) is 0 Å². The molecule has 0 spiro atoms. The zero-order valence-corrected chi connectivity index (χ0v) is 14.4. The van der Waals surface area contributed by atoms with Crippen molar-refractivity contribution >= 4 is 21.6 Å². The highest BCUT2D eigenvalue weighted by Gasteiger charge is 2.26. The van der Waals surface area contributed by atoms with Gasteiger partial charge >= 0.3 is 0 Å². The molecule has 1 fully saturated rings. The fraction of sp³-hybridized carbons (Fsp3) is 0.375. The fourth-order valence-corrected chi connectivity index (χ4v) is 3.60. The average Bonchev–Trinajstić information content (AvgIpc) is 3.23. The lowest BCUT2D eigenvalue weighted by atomic mass is 10.2. The minimum Gasteiger partial charge on any atom is -0.321 e. The molecule has 8 heteroatoms. The topological polar surface area (TPSA) is 104 Å². The molecule has 0 aliphatic heterocycles. The van der Waals surface area contributed by atoms with Crippen molar-refractivity contribution in [2.45, 2.75) is 43.5 Å². The summed E-state index contributed by atoms with van der Waals surface area (Å²) in [4.78, 5) is 12.3. The van der Waals surface area contributed by atoms with E-state index < -0.39 is 10.0 Å². The van der Waals surface area contributed by atoms with E-state index in [-0.39, 0.29) is 16.8 Å². The number of sulfonamides is 1. The van der Waals surface area contributed by atoms with Gasteiger partial charge in [-0.15, -0.1) is 0 Å². The Morgan fingerprint density at radius 3 is 2.50 bits per heavy atom. The fourth-order valence-electron chi connectivity index (χ4n) is 2.35. The molecule has 1 aliphatic carbocycles. The van der Waals surface area contributed by atoms with E-state index in [1.54, 1.807) is 32.0 Å². The predicted molar refractivity (Wildman–Crippen MR) is 90.4 cm³/mol. The monoisotopic (exact) mass is 348 g/mol. The highest BCUT2D eigenvalue weighted by Crippen LogP contribution is 2.39. The van der Waals surface area contributed by atoms with Crippen LogP contribution in [0.15, 0.2) is 35.2 Å². The van der Waals surface area contributed by atoms with Crippen molar-refractivity contribution in [2.24, 2.45) is 0 Å². The van der Waals surface area contributed by atoms with Gasteiger partial charge in [0.2, 0.25) is 10.0 Å². The Bertz CT molecular complexity index is 836. The van der Waals surface area contributed by atoms with Gasteiger partial charge in [0.15, 0.2) is 5.69 Å². The second kappa shape index (κ2) is 6.37. The summed E-state index contributed by atoms with van der Waals surface area (Å²) < 4.78 is 26.6. The molecule has 1 heterocycles. The molecular weight excluding hydrogens is 328 g/mol. The molecule has 0 radical (unpaired) electrons. The van der Waals surface area contributed by atoms with Gasteiger partial charge in [-0.25, -0.2) is 13.1 Å². The maximum atomic E-state index is 12.2. The van der Waals surface area contributed by atoms with Gasteiger partial charge in [-0.2, -0.15) is 5.10 Å². The molecule has 0 unspecified atom stereocenters. The molecule has 1 saturated carbocycles. The van der Waals surface area contributed by atoms with Gasteiger partial charge < -0.3 is 5.32 Å². The molecule has 0 atom stereocenters. The largest absolute Gasteiger partial charge is 0.321 e. The van der Waals surface area contributed by atoms with Crippen LogP contribution in [0.1, 0.15) is 48.8 Å². The van der Waals surface area contributed by atoms with Gasteiger partial charge in [0.1, 0.15) is 0 Å². The van der Waals surface area contributed by atoms with Gasteiger partial charge in [-0.3, -0.25) is 9.89 Å². The van der Waals surface area contributed by atoms with Crippen molar-refractivity contribution in [1.82, 2.24) is 14.9 Å². The number of benzene rings is 1. The summed E-state index contributed by atoms with van der Waals surface area (Å²) in [7, 11) is -3.54. The van der Waals surface area contributed by atoms with E-state index in [9.17, 15) is 13.2 Å². The Morgan fingerprint density at radius 2 is 1.92 bits per heavy atom. The number of rotatable bonds is 6. The van der Waals surface area contributed by atoms with Gasteiger partial charge in [0.25, 0.3) is 5.91 Å². The van der Waals surface area contributed by atoms with Crippen LogP contribution in [0.2, 0.25) is 0 Å². The Hall–Kier alpha value is -2.19. The van der Waals surface area contributed by atoms with E-state index in [1.165, 1.54) is 12.1 Å². The molecule has 3 rings (SSSR count). The third kappa shape index (κ3) is 3.82. The first-order chi connectivity index (χ1) is 11.3. The number of carbonyl (C=O) groups is 1. The first-order valence-electron chi connectivity index (χ1n) is 7.84. The Balaban J connectivity index is 1.68. The van der Waals surface area contributed by atoms with Crippen LogP contribution in [0.4, 0.5) is 5.69 Å². The highest BCUT2D eigenvalue weighted by atomic mass is 32.2. The summed E-state index contributed by atoms with van der Waals surface area (Å²) in [5.74, 6) is 0.172. The number of aromatic nitrogens is 2. The summed E-state index contributed by atoms with van der Waals surface area (Å²) in [6.45, 7) is 3.51. The molecule has 24 heavy (non-hydrogen) atoms. The van der Waals surface area contributed by atoms with E-state index in [2.05, 4.69) is 20.2 Å². The Morgan fingerprint density at radius 1 is 1.25 bits per heavy atom. The van der Waals surface area contributed by atoms with Crippen molar-refractivity contribution in [1.29, 1.82) is 0 Å². The molecule has 7 nitrogen and oxygen atoms in total. The normalized spacial score (nSPS) is 14.8. The van der Waals surface area contributed by atoms with Gasteiger partial charge in [0.05, 0.1) is 4.90 Å². The van der Waals surface area contributed by atoms with E-state index in [0.717, 1.165) is 18.5 Å². The third-order valence-corrected chi connectivity index (χ3v) is 5.34. The molecule has 2 aromatic rings. The SMILES string of the molecule is CC(C)NS(=O)(=O)c1ccc(NC(=O)c2cc(C3CC3)[nH]n2)cc1. The van der Waals surface area contributed by atoms with E-state index in [4.69, 9.17) is 0 Å². The molecular formula is C16H20N4O3S. The molecule has 1 amide bonds. The number of carbonyl (C=O) groups excluding carboxylic acids is 1. The molecule has 1 aromatic heterocycles. The molecule has 0 bridgehead atoms. The summed E-state index contributed by atoms with van der Waals surface area (Å²) in [5.41, 5.74) is 1.83. The van der Waals surface area contributed by atoms with Crippen molar-refractivity contribution in [3.8, 4) is 0 Å². The van der Waals surface area contributed by atoms with Gasteiger partial charge in [0, 0.05) is 23.3 Å². The van der Waals surface area contributed by atoms with Gasteiger partial charge in [-0.05, 0) is 57.0 Å².